The lowest BCUT2D eigenvalue weighted by atomic mass is 10.2. The molecule has 0 saturated carbocycles. The molecule has 0 spiro atoms. The number of hydrogen-bond acceptors (Lipinski definition) is 6. The molecule has 124 valence electrons. The van der Waals surface area contributed by atoms with E-state index < -0.39 is 0 Å². The van der Waals surface area contributed by atoms with Crippen LogP contribution in [-0.4, -0.2) is 19.5 Å². The molecule has 0 aliphatic carbocycles. The molecule has 0 aliphatic heterocycles. The Balaban J connectivity index is 2.01. The van der Waals surface area contributed by atoms with E-state index >= 15 is 0 Å². The van der Waals surface area contributed by atoms with Gasteiger partial charge in [-0.2, -0.15) is 5.26 Å². The average molecular weight is 369 g/mol. The molecule has 3 rings (SSSR count). The Bertz CT molecular complexity index is 1010. The third kappa shape index (κ3) is 3.53. The molecule has 6 nitrogen and oxygen atoms in total. The maximum atomic E-state index is 8.99. The molecule has 0 aliphatic rings. The van der Waals surface area contributed by atoms with E-state index in [0.29, 0.717) is 40.5 Å². The molecule has 0 radical (unpaired) electrons. The summed E-state index contributed by atoms with van der Waals surface area (Å²) in [6, 6.07) is 7.30. The van der Waals surface area contributed by atoms with E-state index in [1.165, 1.54) is 18.1 Å². The first-order valence-corrected chi connectivity index (χ1v) is 8.61. The van der Waals surface area contributed by atoms with Gasteiger partial charge >= 0.3 is 0 Å². The van der Waals surface area contributed by atoms with Crippen LogP contribution in [-0.2, 0) is 6.54 Å². The predicted octanol–water partition coefficient (Wildman–Crippen LogP) is 3.50. The molecule has 0 saturated heterocycles. The standard InChI is InChI=1S/C17H13ClN6S/c1-2-3-4-7-24-16-14(15(20)21-10-22-16)23-17(24)25-12-6-5-11(9-19)13(18)8-12/h1,5-6,8,10H,3-4,7H2,(H2,20,21,22). The van der Waals surface area contributed by atoms with E-state index in [-0.39, 0.29) is 0 Å². The van der Waals surface area contributed by atoms with Crippen LogP contribution in [0.3, 0.4) is 0 Å². The molecule has 2 aromatic heterocycles. The minimum atomic E-state index is 0.334. The predicted molar refractivity (Wildman–Crippen MR) is 98.1 cm³/mol. The largest absolute Gasteiger partial charge is 0.382 e. The Morgan fingerprint density at radius 1 is 1.36 bits per heavy atom. The van der Waals surface area contributed by atoms with Gasteiger partial charge in [0.2, 0.25) is 0 Å². The first kappa shape index (κ1) is 17.1. The van der Waals surface area contributed by atoms with Crippen molar-refractivity contribution in [2.75, 3.05) is 5.73 Å². The van der Waals surface area contributed by atoms with Gasteiger partial charge in [0.05, 0.1) is 10.6 Å². The van der Waals surface area contributed by atoms with Gasteiger partial charge in [-0.15, -0.1) is 12.3 Å². The third-order valence-electron chi connectivity index (χ3n) is 3.50. The molecule has 0 unspecified atom stereocenters. The maximum Gasteiger partial charge on any atom is 0.175 e. The zero-order chi connectivity index (χ0) is 17.8. The molecule has 2 heterocycles. The number of terminal acetylenes is 1. The van der Waals surface area contributed by atoms with Crippen molar-refractivity contribution in [3.8, 4) is 18.4 Å². The number of nitrogens with zero attached hydrogens (tertiary/aromatic N) is 5. The monoisotopic (exact) mass is 368 g/mol. The van der Waals surface area contributed by atoms with Crippen LogP contribution in [0.1, 0.15) is 18.4 Å². The van der Waals surface area contributed by atoms with Gasteiger partial charge in [0.1, 0.15) is 12.4 Å². The number of aromatic nitrogens is 4. The number of nitrogen functional groups attached to an aromatic ring is 1. The molecule has 0 amide bonds. The van der Waals surface area contributed by atoms with Gasteiger partial charge in [-0.1, -0.05) is 23.4 Å². The summed E-state index contributed by atoms with van der Waals surface area (Å²) in [5.74, 6) is 2.97. The van der Waals surface area contributed by atoms with E-state index in [0.717, 1.165) is 16.5 Å². The molecular weight excluding hydrogens is 356 g/mol. The lowest BCUT2D eigenvalue weighted by molar-refractivity contribution is 0.615. The molecule has 1 aromatic carbocycles. The summed E-state index contributed by atoms with van der Waals surface area (Å²) in [6.45, 7) is 0.670. The van der Waals surface area contributed by atoms with Crippen molar-refractivity contribution in [2.45, 2.75) is 29.4 Å². The molecule has 0 bridgehead atoms. The van der Waals surface area contributed by atoms with E-state index in [4.69, 9.17) is 29.0 Å². The number of nitrogens with two attached hydrogens (primary N) is 1. The fraction of sp³-hybridized carbons (Fsp3) is 0.176. The molecular formula is C17H13ClN6S. The Morgan fingerprint density at radius 3 is 2.92 bits per heavy atom. The van der Waals surface area contributed by atoms with Crippen LogP contribution < -0.4 is 5.73 Å². The normalized spacial score (nSPS) is 10.5. The number of nitriles is 1. The highest BCUT2D eigenvalue weighted by molar-refractivity contribution is 7.99. The van der Waals surface area contributed by atoms with E-state index in [2.05, 4.69) is 20.9 Å². The summed E-state index contributed by atoms with van der Waals surface area (Å²) in [4.78, 5) is 13.7. The summed E-state index contributed by atoms with van der Waals surface area (Å²) in [5, 5.41) is 10.1. The summed E-state index contributed by atoms with van der Waals surface area (Å²) < 4.78 is 1.97. The molecule has 0 fully saturated rings. The first-order valence-electron chi connectivity index (χ1n) is 7.41. The molecule has 8 heteroatoms. The molecule has 0 atom stereocenters. The third-order valence-corrected chi connectivity index (χ3v) is 4.79. The van der Waals surface area contributed by atoms with Gasteiger partial charge in [-0.25, -0.2) is 15.0 Å². The van der Waals surface area contributed by atoms with Crippen molar-refractivity contribution >= 4 is 40.3 Å². The minimum absolute atomic E-state index is 0.334. The first-order chi connectivity index (χ1) is 12.1. The van der Waals surface area contributed by atoms with Crippen LogP contribution in [0, 0.1) is 23.7 Å². The number of imidazole rings is 1. The zero-order valence-corrected chi connectivity index (χ0v) is 14.7. The second-order valence-electron chi connectivity index (χ2n) is 5.14. The van der Waals surface area contributed by atoms with Crippen LogP contribution in [0.4, 0.5) is 5.82 Å². The van der Waals surface area contributed by atoms with Gasteiger partial charge in [0.15, 0.2) is 22.1 Å². The van der Waals surface area contributed by atoms with Crippen molar-refractivity contribution in [3.05, 3.63) is 35.1 Å². The van der Waals surface area contributed by atoms with Gasteiger partial charge in [0.25, 0.3) is 0 Å². The number of anilines is 1. The van der Waals surface area contributed by atoms with Crippen LogP contribution in [0.15, 0.2) is 34.6 Å². The Hall–Kier alpha value is -2.74. The quantitative estimate of drug-likeness (QED) is 0.547. The highest BCUT2D eigenvalue weighted by Crippen LogP contribution is 2.33. The number of halogens is 1. The Labute approximate surface area is 154 Å². The fourth-order valence-electron chi connectivity index (χ4n) is 2.31. The second-order valence-corrected chi connectivity index (χ2v) is 6.59. The lowest BCUT2D eigenvalue weighted by Crippen LogP contribution is -2.01. The minimum Gasteiger partial charge on any atom is -0.382 e. The van der Waals surface area contributed by atoms with Gasteiger partial charge in [0, 0.05) is 17.9 Å². The smallest absolute Gasteiger partial charge is 0.175 e. The van der Waals surface area contributed by atoms with Crippen molar-refractivity contribution in [1.29, 1.82) is 5.26 Å². The molecule has 3 aromatic rings. The Morgan fingerprint density at radius 2 is 2.20 bits per heavy atom. The SMILES string of the molecule is C#CCCCn1c(Sc2ccc(C#N)c(Cl)c2)nc2c(N)ncnc21. The molecule has 25 heavy (non-hydrogen) atoms. The summed E-state index contributed by atoms with van der Waals surface area (Å²) in [6.07, 6.45) is 8.22. The summed E-state index contributed by atoms with van der Waals surface area (Å²) in [7, 11) is 0. The van der Waals surface area contributed by atoms with Crippen LogP contribution in [0.2, 0.25) is 5.02 Å². The number of hydrogen-bond donors (Lipinski definition) is 1. The number of fused-ring (bicyclic) bond motifs is 1. The van der Waals surface area contributed by atoms with Crippen molar-refractivity contribution in [2.24, 2.45) is 0 Å². The van der Waals surface area contributed by atoms with Gasteiger partial charge < -0.3 is 10.3 Å². The van der Waals surface area contributed by atoms with E-state index in [1.807, 2.05) is 16.7 Å². The van der Waals surface area contributed by atoms with E-state index in [1.54, 1.807) is 12.1 Å². The number of unbranched alkanes of at least 4 members (excludes halogenated alkanes) is 1. The summed E-state index contributed by atoms with van der Waals surface area (Å²) in [5.41, 5.74) is 7.59. The lowest BCUT2D eigenvalue weighted by Gasteiger charge is -2.07. The average Bonchev–Trinajstić information content (AvgIpc) is 2.94. The number of aryl methyl sites for hydroxylation is 1. The fourth-order valence-corrected chi connectivity index (χ4v) is 3.54. The van der Waals surface area contributed by atoms with Crippen LogP contribution in [0.5, 0.6) is 0 Å². The highest BCUT2D eigenvalue weighted by atomic mass is 35.5. The Kier molecular flexibility index (Phi) is 5.08. The summed E-state index contributed by atoms with van der Waals surface area (Å²) >= 11 is 7.54. The zero-order valence-electron chi connectivity index (χ0n) is 13.1. The van der Waals surface area contributed by atoms with Crippen molar-refractivity contribution in [3.63, 3.8) is 0 Å². The van der Waals surface area contributed by atoms with Crippen molar-refractivity contribution < 1.29 is 0 Å². The van der Waals surface area contributed by atoms with Crippen LogP contribution in [0.25, 0.3) is 11.2 Å². The van der Waals surface area contributed by atoms with E-state index in [9.17, 15) is 0 Å². The van der Waals surface area contributed by atoms with Crippen molar-refractivity contribution in [1.82, 2.24) is 19.5 Å². The van der Waals surface area contributed by atoms with Gasteiger partial charge in [-0.05, 0) is 24.6 Å². The van der Waals surface area contributed by atoms with Gasteiger partial charge in [-0.3, -0.25) is 0 Å². The maximum absolute atomic E-state index is 8.99. The number of benzene rings is 1. The number of rotatable bonds is 5. The molecule has 2 N–H and O–H groups in total. The second kappa shape index (κ2) is 7.43. The topological polar surface area (TPSA) is 93.4 Å². The van der Waals surface area contributed by atoms with Crippen LogP contribution >= 0.6 is 23.4 Å². The highest BCUT2D eigenvalue weighted by Gasteiger charge is 2.16.